The van der Waals surface area contributed by atoms with Crippen molar-refractivity contribution in [3.05, 3.63) is 94.6 Å². The summed E-state index contributed by atoms with van der Waals surface area (Å²) in [5.41, 5.74) is 9.51. The van der Waals surface area contributed by atoms with Crippen LogP contribution in [0.4, 0.5) is 14.6 Å². The van der Waals surface area contributed by atoms with Crippen molar-refractivity contribution in [2.75, 3.05) is 5.73 Å². The van der Waals surface area contributed by atoms with E-state index in [9.17, 15) is 19.1 Å². The van der Waals surface area contributed by atoms with E-state index in [2.05, 4.69) is 26.1 Å². The van der Waals surface area contributed by atoms with Gasteiger partial charge in [-0.15, -0.1) is 5.10 Å². The highest BCUT2D eigenvalue weighted by atomic mass is 19.1. The molecule has 0 saturated carbocycles. The van der Waals surface area contributed by atoms with Gasteiger partial charge in [0, 0.05) is 22.5 Å². The van der Waals surface area contributed by atoms with E-state index < -0.39 is 23.3 Å². The maximum atomic E-state index is 14.4. The molecule has 0 amide bonds. The zero-order valence-electron chi connectivity index (χ0n) is 19.2. The number of pyridine rings is 1. The molecule has 0 spiro atoms. The molecule has 3 N–H and O–H groups in total. The molecule has 1 unspecified atom stereocenters. The van der Waals surface area contributed by atoms with E-state index in [-0.39, 0.29) is 17.3 Å². The quantitative estimate of drug-likeness (QED) is 0.391. The van der Waals surface area contributed by atoms with E-state index in [0.717, 1.165) is 23.5 Å². The zero-order valence-corrected chi connectivity index (χ0v) is 19.2. The normalized spacial score (nSPS) is 12.0. The van der Waals surface area contributed by atoms with Crippen molar-refractivity contribution in [3.63, 3.8) is 0 Å². The molecule has 5 aromatic rings. The van der Waals surface area contributed by atoms with Gasteiger partial charge in [-0.2, -0.15) is 5.26 Å². The van der Waals surface area contributed by atoms with Gasteiger partial charge in [-0.05, 0) is 44.2 Å². The Morgan fingerprint density at radius 2 is 1.64 bits per heavy atom. The molecule has 1 atom stereocenters. The molecule has 10 heteroatoms. The molecular formula is C26H19F2N7O. The van der Waals surface area contributed by atoms with Crippen LogP contribution in [0.15, 0.2) is 54.6 Å². The lowest BCUT2D eigenvalue weighted by Gasteiger charge is -2.14. The molecule has 0 saturated heterocycles. The molecule has 2 aromatic carbocycles. The Bertz CT molecular complexity index is 1650. The second-order valence-electron chi connectivity index (χ2n) is 8.23. The van der Waals surface area contributed by atoms with Crippen molar-refractivity contribution in [1.29, 1.82) is 5.26 Å². The van der Waals surface area contributed by atoms with Gasteiger partial charge >= 0.3 is 0 Å². The first-order valence-corrected chi connectivity index (χ1v) is 10.9. The number of benzene rings is 2. The van der Waals surface area contributed by atoms with Crippen LogP contribution in [-0.4, -0.2) is 29.7 Å². The Kier molecular flexibility index (Phi) is 5.62. The zero-order chi connectivity index (χ0) is 25.6. The Hall–Kier alpha value is -4.75. The number of halogens is 2. The topological polar surface area (TPSA) is 126 Å². The predicted octanol–water partition coefficient (Wildman–Crippen LogP) is 4.28. The molecule has 0 aliphatic heterocycles. The van der Waals surface area contributed by atoms with E-state index in [1.54, 1.807) is 24.3 Å². The number of aliphatic hydroxyl groups is 1. The maximum absolute atomic E-state index is 14.4. The van der Waals surface area contributed by atoms with Crippen LogP contribution in [0.5, 0.6) is 0 Å². The average molecular weight is 483 g/mol. The van der Waals surface area contributed by atoms with Crippen LogP contribution in [0.25, 0.3) is 28.2 Å². The SMILES string of the molecule is Cc1cc(-c2c(-c3ccccc3C#N)nc(N)c3nc(C(O)c4c(F)cccc4F)nn23)cc(C)n1. The molecule has 5 rings (SSSR count). The summed E-state index contributed by atoms with van der Waals surface area (Å²) in [6.07, 6.45) is -1.80. The van der Waals surface area contributed by atoms with Crippen LogP contribution in [0.1, 0.15) is 34.4 Å². The lowest BCUT2D eigenvalue weighted by atomic mass is 9.99. The summed E-state index contributed by atoms with van der Waals surface area (Å²) in [6.45, 7) is 3.66. The monoisotopic (exact) mass is 483 g/mol. The molecule has 178 valence electrons. The number of anilines is 1. The van der Waals surface area contributed by atoms with Gasteiger partial charge in [0.05, 0.1) is 17.2 Å². The molecule has 8 nitrogen and oxygen atoms in total. The highest BCUT2D eigenvalue weighted by molar-refractivity contribution is 5.85. The standard InChI is InChI=1S/C26H19F2N7O/c1-13-10-16(11-14(2)31-13)22-21(17-7-4-3-6-15(17)12-29)32-24(30)26-33-25(34-35(22)26)23(36)20-18(27)8-5-9-19(20)28/h3-11,23,36H,1-2H3,(H2,30,32). The van der Waals surface area contributed by atoms with Gasteiger partial charge in [-0.25, -0.2) is 23.3 Å². The lowest BCUT2D eigenvalue weighted by Crippen LogP contribution is -2.08. The van der Waals surface area contributed by atoms with Gasteiger partial charge in [0.1, 0.15) is 29.1 Å². The third-order valence-electron chi connectivity index (χ3n) is 5.70. The van der Waals surface area contributed by atoms with E-state index in [4.69, 9.17) is 5.73 Å². The average Bonchev–Trinajstić information content (AvgIpc) is 3.29. The third-order valence-corrected chi connectivity index (χ3v) is 5.70. The van der Waals surface area contributed by atoms with E-state index in [0.29, 0.717) is 28.1 Å². The summed E-state index contributed by atoms with van der Waals surface area (Å²) in [5, 5.41) is 24.9. The van der Waals surface area contributed by atoms with Crippen molar-refractivity contribution in [2.45, 2.75) is 20.0 Å². The largest absolute Gasteiger partial charge is 0.381 e. The summed E-state index contributed by atoms with van der Waals surface area (Å²) < 4.78 is 30.1. The minimum Gasteiger partial charge on any atom is -0.381 e. The molecule has 0 radical (unpaired) electrons. The van der Waals surface area contributed by atoms with Crippen LogP contribution < -0.4 is 5.73 Å². The lowest BCUT2D eigenvalue weighted by molar-refractivity contribution is 0.199. The number of aliphatic hydroxyl groups excluding tert-OH is 1. The number of aryl methyl sites for hydroxylation is 2. The van der Waals surface area contributed by atoms with Gasteiger partial charge in [0.15, 0.2) is 17.3 Å². The number of fused-ring (bicyclic) bond motifs is 1. The van der Waals surface area contributed by atoms with Gasteiger partial charge in [0.2, 0.25) is 0 Å². The summed E-state index contributed by atoms with van der Waals surface area (Å²) >= 11 is 0. The second kappa shape index (κ2) is 8.79. The predicted molar refractivity (Wildman–Crippen MR) is 128 cm³/mol. The maximum Gasteiger partial charge on any atom is 0.199 e. The first kappa shape index (κ1) is 23.0. The number of nitriles is 1. The molecule has 3 aromatic heterocycles. The Morgan fingerprint density at radius 3 is 2.31 bits per heavy atom. The number of hydrogen-bond donors (Lipinski definition) is 2. The molecule has 3 heterocycles. The van der Waals surface area contributed by atoms with E-state index in [1.807, 2.05) is 26.0 Å². The van der Waals surface area contributed by atoms with Crippen LogP contribution >= 0.6 is 0 Å². The fourth-order valence-electron chi connectivity index (χ4n) is 4.20. The number of aromatic nitrogens is 5. The molecule has 0 aliphatic carbocycles. The fraction of sp³-hybridized carbons (Fsp3) is 0.115. The summed E-state index contributed by atoms with van der Waals surface area (Å²) in [6, 6.07) is 16.0. The van der Waals surface area contributed by atoms with Crippen LogP contribution in [0, 0.1) is 36.8 Å². The van der Waals surface area contributed by atoms with Crippen molar-refractivity contribution < 1.29 is 13.9 Å². The Morgan fingerprint density at radius 1 is 0.972 bits per heavy atom. The number of nitrogens with zero attached hydrogens (tertiary/aromatic N) is 6. The van der Waals surface area contributed by atoms with Gasteiger partial charge in [-0.1, -0.05) is 24.3 Å². The minimum atomic E-state index is -1.80. The number of rotatable bonds is 4. The summed E-state index contributed by atoms with van der Waals surface area (Å²) in [4.78, 5) is 13.2. The first-order valence-electron chi connectivity index (χ1n) is 10.9. The molecule has 36 heavy (non-hydrogen) atoms. The third kappa shape index (κ3) is 3.81. The highest BCUT2D eigenvalue weighted by Crippen LogP contribution is 2.36. The van der Waals surface area contributed by atoms with Crippen LogP contribution in [0.2, 0.25) is 0 Å². The van der Waals surface area contributed by atoms with Gasteiger partial charge in [0.25, 0.3) is 0 Å². The van der Waals surface area contributed by atoms with Crippen molar-refractivity contribution >= 4 is 11.5 Å². The molecule has 0 aliphatic rings. The van der Waals surface area contributed by atoms with Gasteiger partial charge < -0.3 is 10.8 Å². The van der Waals surface area contributed by atoms with Crippen molar-refractivity contribution in [3.8, 4) is 28.6 Å². The molecule has 0 bridgehead atoms. The van der Waals surface area contributed by atoms with E-state index >= 15 is 0 Å². The fourth-order valence-corrected chi connectivity index (χ4v) is 4.20. The van der Waals surface area contributed by atoms with Crippen LogP contribution in [0.3, 0.4) is 0 Å². The summed E-state index contributed by atoms with van der Waals surface area (Å²) in [7, 11) is 0. The van der Waals surface area contributed by atoms with E-state index in [1.165, 1.54) is 10.6 Å². The van der Waals surface area contributed by atoms with Crippen molar-refractivity contribution in [1.82, 2.24) is 24.6 Å². The first-order chi connectivity index (χ1) is 17.3. The molecule has 0 fully saturated rings. The Labute approximate surface area is 204 Å². The summed E-state index contributed by atoms with van der Waals surface area (Å²) in [5.74, 6) is -2.17. The van der Waals surface area contributed by atoms with Crippen molar-refractivity contribution in [2.24, 2.45) is 0 Å². The second-order valence-corrected chi connectivity index (χ2v) is 8.23. The molecular weight excluding hydrogens is 464 g/mol. The number of hydrogen-bond acceptors (Lipinski definition) is 7. The number of nitrogen functional groups attached to an aromatic ring is 1. The van der Waals surface area contributed by atoms with Gasteiger partial charge in [-0.3, -0.25) is 4.98 Å². The highest BCUT2D eigenvalue weighted by Gasteiger charge is 2.27. The smallest absolute Gasteiger partial charge is 0.199 e. The Balaban J connectivity index is 1.85. The minimum absolute atomic E-state index is 0.0380. The number of nitrogens with two attached hydrogens (primary N) is 1. The van der Waals surface area contributed by atoms with Crippen LogP contribution in [-0.2, 0) is 0 Å².